The van der Waals surface area contributed by atoms with E-state index in [0.717, 1.165) is 61.4 Å². The highest BCUT2D eigenvalue weighted by molar-refractivity contribution is 6.00. The maximum atomic E-state index is 12.6. The summed E-state index contributed by atoms with van der Waals surface area (Å²) < 4.78 is 5.44. The number of hydrogen-bond acceptors (Lipinski definition) is 6. The first-order valence-electron chi connectivity index (χ1n) is 9.93. The van der Waals surface area contributed by atoms with E-state index in [1.165, 1.54) is 0 Å². The largest absolute Gasteiger partial charge is 0.381 e. The second kappa shape index (κ2) is 7.31. The molecule has 1 amide bonds. The van der Waals surface area contributed by atoms with Gasteiger partial charge < -0.3 is 10.1 Å². The second-order valence-corrected chi connectivity index (χ2v) is 7.54. The Labute approximate surface area is 163 Å². The molecule has 1 fully saturated rings. The van der Waals surface area contributed by atoms with Gasteiger partial charge in [-0.1, -0.05) is 12.2 Å². The lowest BCUT2D eigenvalue weighted by molar-refractivity contribution is -0.117. The van der Waals surface area contributed by atoms with Crippen LogP contribution in [0.4, 0.5) is 11.6 Å². The maximum Gasteiger partial charge on any atom is 0.247 e. The molecule has 0 saturated carbocycles. The Morgan fingerprint density at radius 2 is 2.11 bits per heavy atom. The average molecular weight is 377 g/mol. The molecule has 1 aliphatic carbocycles. The number of ether oxygens (including phenoxy) is 1. The van der Waals surface area contributed by atoms with Crippen LogP contribution in [-0.4, -0.2) is 47.2 Å². The third-order valence-electron chi connectivity index (χ3n) is 5.73. The van der Waals surface area contributed by atoms with E-state index in [2.05, 4.69) is 33.5 Å². The lowest BCUT2D eigenvalue weighted by Crippen LogP contribution is -2.42. The Morgan fingerprint density at radius 3 is 3.00 bits per heavy atom. The van der Waals surface area contributed by atoms with Crippen molar-refractivity contribution in [1.29, 1.82) is 0 Å². The standard InChI is InChI=1S/C21H23N5O2/c27-19-13-24-20-21(26(19)7-4-14-5-8-28-9-6-14)25-18(12-23-20)16-10-15-2-1-3-17(15)22-11-16/h1-2,10-12,14H,3-9,13H2,(H,23,24). The Bertz CT molecular complexity index is 936. The number of carbonyl (C=O) groups is 1. The van der Waals surface area contributed by atoms with Crippen LogP contribution in [0.1, 0.15) is 30.5 Å². The minimum Gasteiger partial charge on any atom is -0.381 e. The van der Waals surface area contributed by atoms with Crippen LogP contribution in [0.15, 0.2) is 24.5 Å². The number of allylic oxidation sites excluding steroid dienone is 1. The molecule has 4 heterocycles. The van der Waals surface area contributed by atoms with Gasteiger partial charge in [-0.2, -0.15) is 0 Å². The summed E-state index contributed by atoms with van der Waals surface area (Å²) in [6, 6.07) is 2.09. The van der Waals surface area contributed by atoms with Crippen molar-refractivity contribution >= 4 is 23.6 Å². The first-order valence-corrected chi connectivity index (χ1v) is 9.93. The van der Waals surface area contributed by atoms with Gasteiger partial charge in [-0.05, 0) is 36.8 Å². The fraction of sp³-hybridized carbons (Fsp3) is 0.429. The topological polar surface area (TPSA) is 80.2 Å². The normalized spacial score (nSPS) is 18.7. The van der Waals surface area contributed by atoms with E-state index in [9.17, 15) is 4.79 Å². The van der Waals surface area contributed by atoms with E-state index in [1.807, 2.05) is 6.20 Å². The second-order valence-electron chi connectivity index (χ2n) is 7.54. The molecule has 3 aliphatic rings. The molecule has 0 radical (unpaired) electrons. The molecule has 144 valence electrons. The van der Waals surface area contributed by atoms with E-state index in [0.29, 0.717) is 24.1 Å². The zero-order chi connectivity index (χ0) is 18.9. The van der Waals surface area contributed by atoms with Crippen molar-refractivity contribution in [2.24, 2.45) is 5.92 Å². The number of carbonyl (C=O) groups excluding carboxylic acids is 1. The zero-order valence-electron chi connectivity index (χ0n) is 15.7. The maximum absolute atomic E-state index is 12.6. The molecule has 28 heavy (non-hydrogen) atoms. The summed E-state index contributed by atoms with van der Waals surface area (Å²) in [5.41, 5.74) is 3.87. The first-order chi connectivity index (χ1) is 13.8. The van der Waals surface area contributed by atoms with Crippen molar-refractivity contribution in [3.05, 3.63) is 35.8 Å². The van der Waals surface area contributed by atoms with Crippen molar-refractivity contribution in [2.75, 3.05) is 36.5 Å². The number of anilines is 2. The summed E-state index contributed by atoms with van der Waals surface area (Å²) >= 11 is 0. The van der Waals surface area contributed by atoms with E-state index in [-0.39, 0.29) is 12.5 Å². The lowest BCUT2D eigenvalue weighted by atomic mass is 9.96. The Morgan fingerprint density at radius 1 is 1.21 bits per heavy atom. The van der Waals surface area contributed by atoms with Crippen LogP contribution in [0.25, 0.3) is 17.3 Å². The number of pyridine rings is 1. The first kappa shape index (κ1) is 17.3. The number of nitrogens with one attached hydrogen (secondary N) is 1. The van der Waals surface area contributed by atoms with Crippen LogP contribution in [0.5, 0.6) is 0 Å². The Balaban J connectivity index is 1.42. The van der Waals surface area contributed by atoms with Gasteiger partial charge in [-0.3, -0.25) is 14.7 Å². The summed E-state index contributed by atoms with van der Waals surface area (Å²) in [6.45, 7) is 2.57. The minimum absolute atomic E-state index is 0.0426. The van der Waals surface area contributed by atoms with Crippen LogP contribution < -0.4 is 10.2 Å². The van der Waals surface area contributed by atoms with E-state index in [1.54, 1.807) is 11.1 Å². The molecule has 0 aromatic carbocycles. The fourth-order valence-corrected chi connectivity index (χ4v) is 4.04. The predicted molar refractivity (Wildman–Crippen MR) is 107 cm³/mol. The minimum atomic E-state index is 0.0426. The van der Waals surface area contributed by atoms with Gasteiger partial charge in [0.1, 0.15) is 0 Å². The van der Waals surface area contributed by atoms with E-state index < -0.39 is 0 Å². The summed E-state index contributed by atoms with van der Waals surface area (Å²) in [7, 11) is 0. The van der Waals surface area contributed by atoms with Crippen molar-refractivity contribution < 1.29 is 9.53 Å². The van der Waals surface area contributed by atoms with Crippen molar-refractivity contribution in [2.45, 2.75) is 25.7 Å². The third-order valence-corrected chi connectivity index (χ3v) is 5.73. The van der Waals surface area contributed by atoms with Crippen LogP contribution >= 0.6 is 0 Å². The monoisotopic (exact) mass is 377 g/mol. The molecule has 1 N–H and O–H groups in total. The number of fused-ring (bicyclic) bond motifs is 2. The Hall–Kier alpha value is -2.80. The summed E-state index contributed by atoms with van der Waals surface area (Å²) in [6.07, 6.45) is 11.8. The van der Waals surface area contributed by atoms with Crippen LogP contribution in [0.3, 0.4) is 0 Å². The van der Waals surface area contributed by atoms with Gasteiger partial charge in [0.2, 0.25) is 5.91 Å². The van der Waals surface area contributed by atoms with Crippen molar-refractivity contribution in [1.82, 2.24) is 15.0 Å². The predicted octanol–water partition coefficient (Wildman–Crippen LogP) is 2.68. The van der Waals surface area contributed by atoms with E-state index >= 15 is 0 Å². The zero-order valence-corrected chi connectivity index (χ0v) is 15.7. The molecule has 0 atom stereocenters. The lowest BCUT2D eigenvalue weighted by Gasteiger charge is -2.30. The SMILES string of the molecule is O=C1CNc2ncc(-c3cnc4c(c3)C=CC4)nc2N1CCC1CCOCC1. The molecule has 5 rings (SSSR count). The molecule has 2 aromatic heterocycles. The molecule has 2 aliphatic heterocycles. The van der Waals surface area contributed by atoms with Gasteiger partial charge >= 0.3 is 0 Å². The molecular weight excluding hydrogens is 354 g/mol. The quantitative estimate of drug-likeness (QED) is 0.882. The van der Waals surface area contributed by atoms with Gasteiger partial charge in [0.15, 0.2) is 11.6 Å². The molecule has 2 aromatic rings. The molecule has 0 unspecified atom stereocenters. The molecule has 7 heteroatoms. The molecular formula is C21H23N5O2. The molecule has 7 nitrogen and oxygen atoms in total. The fourth-order valence-electron chi connectivity index (χ4n) is 4.04. The molecule has 0 bridgehead atoms. The average Bonchev–Trinajstić information content (AvgIpc) is 3.21. The van der Waals surface area contributed by atoms with E-state index in [4.69, 9.17) is 9.72 Å². The highest BCUT2D eigenvalue weighted by Crippen LogP contribution is 2.31. The number of amides is 1. The van der Waals surface area contributed by atoms with Gasteiger partial charge in [0.25, 0.3) is 0 Å². The Kier molecular flexibility index (Phi) is 4.52. The van der Waals surface area contributed by atoms with Crippen molar-refractivity contribution in [3.8, 4) is 11.3 Å². The van der Waals surface area contributed by atoms with Gasteiger partial charge in [-0.25, -0.2) is 9.97 Å². The van der Waals surface area contributed by atoms with Gasteiger partial charge in [-0.15, -0.1) is 0 Å². The third kappa shape index (κ3) is 3.26. The summed E-state index contributed by atoms with van der Waals surface area (Å²) in [4.78, 5) is 28.2. The molecule has 1 saturated heterocycles. The van der Waals surface area contributed by atoms with Crippen molar-refractivity contribution in [3.63, 3.8) is 0 Å². The smallest absolute Gasteiger partial charge is 0.247 e. The van der Waals surface area contributed by atoms with Crippen LogP contribution in [0.2, 0.25) is 0 Å². The summed E-state index contributed by atoms with van der Waals surface area (Å²) in [5, 5.41) is 3.09. The number of rotatable bonds is 4. The number of hydrogen-bond donors (Lipinski definition) is 1. The number of nitrogens with zero attached hydrogens (tertiary/aromatic N) is 4. The highest BCUT2D eigenvalue weighted by Gasteiger charge is 2.28. The highest BCUT2D eigenvalue weighted by atomic mass is 16.5. The molecule has 0 spiro atoms. The van der Waals surface area contributed by atoms with Gasteiger partial charge in [0, 0.05) is 37.9 Å². The van der Waals surface area contributed by atoms with Crippen LogP contribution in [-0.2, 0) is 16.0 Å². The van der Waals surface area contributed by atoms with Crippen LogP contribution in [0, 0.1) is 5.92 Å². The summed E-state index contributed by atoms with van der Waals surface area (Å²) in [5.74, 6) is 1.94. The van der Waals surface area contributed by atoms with Gasteiger partial charge in [0.05, 0.1) is 24.1 Å². The number of aromatic nitrogens is 3.